The number of halogens is 4. The Morgan fingerprint density at radius 2 is 1.58 bits per heavy atom. The fourth-order valence-electron chi connectivity index (χ4n) is 4.51. The Hall–Kier alpha value is -4.88. The highest BCUT2D eigenvalue weighted by atomic mass is 35.5. The van der Waals surface area contributed by atoms with Crippen molar-refractivity contribution < 1.29 is 27.9 Å². The van der Waals surface area contributed by atoms with E-state index in [-0.39, 0.29) is 18.1 Å². The van der Waals surface area contributed by atoms with Gasteiger partial charge in [-0.25, -0.2) is 14.3 Å². The topological polar surface area (TPSA) is 129 Å². The van der Waals surface area contributed by atoms with Gasteiger partial charge in [-0.3, -0.25) is 4.79 Å². The van der Waals surface area contributed by atoms with Crippen LogP contribution in [-0.2, 0) is 11.3 Å². The smallest absolute Gasteiger partial charge is 0.475 e. The lowest BCUT2D eigenvalue weighted by Crippen LogP contribution is -2.44. The first-order chi connectivity index (χ1) is 21.4. The van der Waals surface area contributed by atoms with Gasteiger partial charge in [0.1, 0.15) is 0 Å². The van der Waals surface area contributed by atoms with E-state index in [0.717, 1.165) is 48.4 Å². The molecule has 1 aliphatic heterocycles. The number of urea groups is 1. The van der Waals surface area contributed by atoms with Crippen LogP contribution in [0, 0.1) is 6.92 Å². The maximum absolute atomic E-state index is 12.9. The molecule has 5 rings (SSSR count). The molecule has 0 bridgehead atoms. The van der Waals surface area contributed by atoms with Gasteiger partial charge in [0.15, 0.2) is 5.15 Å². The molecule has 2 amide bonds. The third-order valence-electron chi connectivity index (χ3n) is 6.90. The number of carbonyl (C=O) groups excluding carboxylic acids is 1. The standard InChI is InChI=1S/C29H29ClN6O2.C2HF3O2/c1-20-23(19-36-27(37)18-26(28(30)34-36)35-16-14-31-15-17-35)8-5-9-25(20)33-29(38)32-24-12-10-22(11-13-24)21-6-3-2-4-7-21;3-2(4,5)1(6)7/h2-13,18,31H,14-17,19H2,1H3,(H2,32,33,38);(H,6,7). The molecule has 14 heteroatoms. The van der Waals surface area contributed by atoms with Crippen LogP contribution in [0.5, 0.6) is 0 Å². The van der Waals surface area contributed by atoms with Crippen molar-refractivity contribution in [2.24, 2.45) is 0 Å². The van der Waals surface area contributed by atoms with Crippen LogP contribution in [0.4, 0.5) is 35.0 Å². The minimum atomic E-state index is -5.08. The number of hydrogen-bond donors (Lipinski definition) is 4. The SMILES string of the molecule is Cc1c(Cn2nc(Cl)c(N3CCNCC3)cc2=O)cccc1NC(=O)Nc1ccc(-c2ccccc2)cc1.O=C(O)C(F)(F)F. The first kappa shape index (κ1) is 33.0. The van der Waals surface area contributed by atoms with Crippen molar-refractivity contribution in [1.29, 1.82) is 0 Å². The Labute approximate surface area is 261 Å². The van der Waals surface area contributed by atoms with Crippen LogP contribution in [0.2, 0.25) is 5.15 Å². The van der Waals surface area contributed by atoms with Gasteiger partial charge in [0.25, 0.3) is 5.56 Å². The summed E-state index contributed by atoms with van der Waals surface area (Å²) < 4.78 is 33.1. The van der Waals surface area contributed by atoms with E-state index in [0.29, 0.717) is 22.2 Å². The summed E-state index contributed by atoms with van der Waals surface area (Å²) in [6.07, 6.45) is -5.08. The number of alkyl halides is 3. The molecule has 0 atom stereocenters. The van der Waals surface area contributed by atoms with Gasteiger partial charge < -0.3 is 26.0 Å². The Balaban J connectivity index is 0.000000591. The quantitative estimate of drug-likeness (QED) is 0.215. The van der Waals surface area contributed by atoms with Gasteiger partial charge in [-0.2, -0.15) is 18.3 Å². The van der Waals surface area contributed by atoms with Gasteiger partial charge in [0.05, 0.1) is 12.2 Å². The lowest BCUT2D eigenvalue weighted by molar-refractivity contribution is -0.192. The molecule has 0 radical (unpaired) electrons. The van der Waals surface area contributed by atoms with Gasteiger partial charge in [-0.1, -0.05) is 66.2 Å². The number of nitrogens with zero attached hydrogens (tertiary/aromatic N) is 3. The molecule has 45 heavy (non-hydrogen) atoms. The molecule has 4 aromatic rings. The highest BCUT2D eigenvalue weighted by molar-refractivity contribution is 6.31. The predicted octanol–water partition coefficient (Wildman–Crippen LogP) is 5.61. The average molecular weight is 643 g/mol. The van der Waals surface area contributed by atoms with Gasteiger partial charge in [-0.15, -0.1) is 0 Å². The van der Waals surface area contributed by atoms with Crippen molar-refractivity contribution >= 4 is 40.7 Å². The minimum absolute atomic E-state index is 0.225. The molecular formula is C31H30ClF3N6O4. The van der Waals surface area contributed by atoms with E-state index in [4.69, 9.17) is 21.5 Å². The van der Waals surface area contributed by atoms with Gasteiger partial charge >= 0.3 is 18.2 Å². The molecule has 1 aromatic heterocycles. The first-order valence-electron chi connectivity index (χ1n) is 13.8. The number of nitrogens with one attached hydrogen (secondary N) is 3. The number of benzene rings is 3. The number of rotatable bonds is 6. The van der Waals surface area contributed by atoms with Crippen molar-refractivity contribution in [1.82, 2.24) is 15.1 Å². The van der Waals surface area contributed by atoms with Crippen LogP contribution < -0.4 is 26.4 Å². The van der Waals surface area contributed by atoms with Crippen LogP contribution in [-0.4, -0.2) is 59.2 Å². The maximum Gasteiger partial charge on any atom is 0.490 e. The fraction of sp³-hybridized carbons (Fsp3) is 0.226. The normalized spacial score (nSPS) is 13.0. The molecule has 1 fully saturated rings. The summed E-state index contributed by atoms with van der Waals surface area (Å²) in [5.41, 5.74) is 5.67. The zero-order chi connectivity index (χ0) is 32.6. The Kier molecular flexibility index (Phi) is 10.8. The molecule has 1 saturated heterocycles. The summed E-state index contributed by atoms with van der Waals surface area (Å²) in [4.78, 5) is 36.5. The van der Waals surface area contributed by atoms with Gasteiger partial charge in [-0.05, 0) is 47.4 Å². The molecule has 1 aliphatic rings. The van der Waals surface area contributed by atoms with Crippen molar-refractivity contribution in [2.45, 2.75) is 19.6 Å². The van der Waals surface area contributed by atoms with Gasteiger partial charge in [0.2, 0.25) is 0 Å². The molecule has 236 valence electrons. The second kappa shape index (κ2) is 14.7. The fourth-order valence-corrected chi connectivity index (χ4v) is 4.78. The second-order valence-corrected chi connectivity index (χ2v) is 10.3. The number of aliphatic carboxylic acids is 1. The Morgan fingerprint density at radius 3 is 2.20 bits per heavy atom. The first-order valence-corrected chi connectivity index (χ1v) is 14.2. The van der Waals surface area contributed by atoms with E-state index in [1.165, 1.54) is 4.68 Å². The molecule has 0 saturated carbocycles. The summed E-state index contributed by atoms with van der Waals surface area (Å²) in [5, 5.41) is 20.9. The molecule has 3 aromatic carbocycles. The van der Waals surface area contributed by atoms with E-state index >= 15 is 0 Å². The minimum Gasteiger partial charge on any atom is -0.475 e. The van der Waals surface area contributed by atoms with Crippen molar-refractivity contribution in [2.75, 3.05) is 41.7 Å². The molecule has 0 aliphatic carbocycles. The lowest BCUT2D eigenvalue weighted by Gasteiger charge is -2.29. The molecular weight excluding hydrogens is 613 g/mol. The lowest BCUT2D eigenvalue weighted by atomic mass is 10.1. The number of carboxylic acids is 1. The van der Waals surface area contributed by atoms with E-state index in [1.807, 2.05) is 79.7 Å². The summed E-state index contributed by atoms with van der Waals surface area (Å²) in [5.74, 6) is -2.76. The summed E-state index contributed by atoms with van der Waals surface area (Å²) in [6, 6.07) is 24.5. The van der Waals surface area contributed by atoms with Crippen molar-refractivity contribution in [3.63, 3.8) is 0 Å². The van der Waals surface area contributed by atoms with E-state index in [9.17, 15) is 22.8 Å². The van der Waals surface area contributed by atoms with Crippen LogP contribution in [0.1, 0.15) is 11.1 Å². The van der Waals surface area contributed by atoms with Crippen LogP contribution in [0.25, 0.3) is 11.1 Å². The molecule has 0 unspecified atom stereocenters. The molecule has 10 nitrogen and oxygen atoms in total. The highest BCUT2D eigenvalue weighted by Crippen LogP contribution is 2.24. The number of aromatic nitrogens is 2. The van der Waals surface area contributed by atoms with Gasteiger partial charge in [0, 0.05) is 43.6 Å². The number of piperazine rings is 1. The third-order valence-corrected chi connectivity index (χ3v) is 7.17. The zero-order valence-corrected chi connectivity index (χ0v) is 24.8. The van der Waals surface area contributed by atoms with E-state index in [1.54, 1.807) is 6.07 Å². The molecule has 0 spiro atoms. The zero-order valence-electron chi connectivity index (χ0n) is 24.1. The summed E-state index contributed by atoms with van der Waals surface area (Å²) >= 11 is 6.46. The average Bonchev–Trinajstić information content (AvgIpc) is 3.02. The van der Waals surface area contributed by atoms with Crippen LogP contribution in [0.3, 0.4) is 0 Å². The van der Waals surface area contributed by atoms with E-state index < -0.39 is 12.1 Å². The Morgan fingerprint density at radius 1 is 0.956 bits per heavy atom. The molecule has 4 N–H and O–H groups in total. The maximum atomic E-state index is 12.9. The van der Waals surface area contributed by atoms with Crippen molar-refractivity contribution in [3.8, 4) is 11.1 Å². The largest absolute Gasteiger partial charge is 0.490 e. The van der Waals surface area contributed by atoms with Crippen LogP contribution >= 0.6 is 11.6 Å². The number of amides is 2. The highest BCUT2D eigenvalue weighted by Gasteiger charge is 2.38. The molecule has 2 heterocycles. The number of carbonyl (C=O) groups is 2. The number of hydrogen-bond acceptors (Lipinski definition) is 6. The van der Waals surface area contributed by atoms with E-state index in [2.05, 4.69) is 25.9 Å². The monoisotopic (exact) mass is 642 g/mol. The predicted molar refractivity (Wildman–Crippen MR) is 167 cm³/mol. The third kappa shape index (κ3) is 9.06. The van der Waals surface area contributed by atoms with Crippen LogP contribution in [0.15, 0.2) is 83.7 Å². The number of carboxylic acid groups (broad SMARTS) is 1. The summed E-state index contributed by atoms with van der Waals surface area (Å²) in [7, 11) is 0. The second-order valence-electron chi connectivity index (χ2n) is 9.97. The number of anilines is 3. The van der Waals surface area contributed by atoms with Crippen molar-refractivity contribution in [3.05, 3.63) is 105 Å². The summed E-state index contributed by atoms with van der Waals surface area (Å²) in [6.45, 7) is 5.37. The Bertz CT molecular complexity index is 1690.